The summed E-state index contributed by atoms with van der Waals surface area (Å²) in [5.74, 6) is -0.595. The Morgan fingerprint density at radius 3 is 2.71 bits per heavy atom. The Labute approximate surface area is 80.2 Å². The van der Waals surface area contributed by atoms with Crippen molar-refractivity contribution in [3.05, 3.63) is 23.8 Å². The van der Waals surface area contributed by atoms with Gasteiger partial charge in [-0.1, -0.05) is 0 Å². The van der Waals surface area contributed by atoms with Gasteiger partial charge in [0.2, 0.25) is 0 Å². The molecule has 0 saturated carbocycles. The van der Waals surface area contributed by atoms with Crippen LogP contribution in [-0.2, 0) is 4.74 Å². The topological polar surface area (TPSA) is 92.5 Å². The average molecular weight is 198 g/mol. The zero-order valence-electron chi connectivity index (χ0n) is 7.54. The van der Waals surface area contributed by atoms with E-state index in [2.05, 4.69) is 14.7 Å². The van der Waals surface area contributed by atoms with E-state index in [0.29, 0.717) is 0 Å². The van der Waals surface area contributed by atoms with Crippen LogP contribution in [0.2, 0.25) is 0 Å². The molecule has 0 spiro atoms. The fourth-order valence-electron chi connectivity index (χ4n) is 0.814. The highest BCUT2D eigenvalue weighted by Gasteiger charge is 2.11. The largest absolute Gasteiger partial charge is 0.464 e. The molecule has 0 radical (unpaired) electrons. The van der Waals surface area contributed by atoms with Crippen LogP contribution in [0.3, 0.4) is 0 Å². The fraction of sp³-hybridized carbons (Fsp3) is 0.375. The number of hydrogen-bond acceptors (Lipinski definition) is 6. The van der Waals surface area contributed by atoms with Crippen molar-refractivity contribution in [1.82, 2.24) is 9.97 Å². The molecule has 14 heavy (non-hydrogen) atoms. The monoisotopic (exact) mass is 198 g/mol. The number of methoxy groups -OCH3 is 1. The first-order chi connectivity index (χ1) is 6.69. The number of ether oxygens (including phenoxy) is 1. The molecular formula is C8H10N2O4. The third kappa shape index (κ3) is 2.24. The summed E-state index contributed by atoms with van der Waals surface area (Å²) >= 11 is 0. The van der Waals surface area contributed by atoms with Crippen LogP contribution < -0.4 is 0 Å². The number of hydrogen-bond donors (Lipinski definition) is 2. The summed E-state index contributed by atoms with van der Waals surface area (Å²) in [6.07, 6.45) is 1.32. The van der Waals surface area contributed by atoms with Gasteiger partial charge >= 0.3 is 5.97 Å². The second-order valence-corrected chi connectivity index (χ2v) is 2.52. The van der Waals surface area contributed by atoms with Gasteiger partial charge in [0.05, 0.1) is 31.8 Å². The lowest BCUT2D eigenvalue weighted by Gasteiger charge is -2.05. The number of aliphatic hydroxyl groups is 2. The van der Waals surface area contributed by atoms with Gasteiger partial charge in [0.25, 0.3) is 0 Å². The van der Waals surface area contributed by atoms with E-state index in [1.54, 1.807) is 0 Å². The van der Waals surface area contributed by atoms with Crippen molar-refractivity contribution < 1.29 is 19.7 Å². The predicted octanol–water partition coefficient (Wildman–Crippen LogP) is -0.711. The molecule has 1 aromatic rings. The number of esters is 1. The van der Waals surface area contributed by atoms with Crippen molar-refractivity contribution >= 4 is 5.97 Å². The molecule has 6 heteroatoms. The molecule has 0 amide bonds. The molecule has 0 bridgehead atoms. The molecule has 1 aromatic heterocycles. The molecule has 1 heterocycles. The standard InChI is InChI=1S/C8H10N2O4/c1-14-8(13)6-3-9-5(2-10-6)7(12)4-11/h2-3,7,11-12H,4H2,1H3. The molecule has 0 aromatic carbocycles. The Bertz CT molecular complexity index is 312. The molecule has 1 atom stereocenters. The maximum absolute atomic E-state index is 10.9. The molecule has 0 aliphatic rings. The van der Waals surface area contributed by atoms with Gasteiger partial charge in [0.15, 0.2) is 5.69 Å². The summed E-state index contributed by atoms with van der Waals surface area (Å²) in [5.41, 5.74) is 0.265. The smallest absolute Gasteiger partial charge is 0.358 e. The first kappa shape index (κ1) is 10.6. The summed E-state index contributed by atoms with van der Waals surface area (Å²) in [6.45, 7) is -0.438. The number of rotatable bonds is 3. The fourth-order valence-corrected chi connectivity index (χ4v) is 0.814. The molecule has 0 saturated heterocycles. The molecule has 0 fully saturated rings. The lowest BCUT2D eigenvalue weighted by molar-refractivity contribution is 0.0592. The number of carbonyl (C=O) groups excluding carboxylic acids is 1. The molecule has 1 unspecified atom stereocenters. The van der Waals surface area contributed by atoms with Crippen LogP contribution in [0.1, 0.15) is 22.3 Å². The van der Waals surface area contributed by atoms with E-state index in [0.717, 1.165) is 0 Å². The highest BCUT2D eigenvalue weighted by molar-refractivity contribution is 5.86. The van der Waals surface area contributed by atoms with E-state index in [9.17, 15) is 4.79 Å². The Kier molecular flexibility index (Phi) is 3.49. The Hall–Kier alpha value is -1.53. The van der Waals surface area contributed by atoms with Gasteiger partial charge in [-0.25, -0.2) is 9.78 Å². The van der Waals surface area contributed by atoms with Crippen molar-refractivity contribution in [2.45, 2.75) is 6.10 Å². The maximum Gasteiger partial charge on any atom is 0.358 e. The molecule has 6 nitrogen and oxygen atoms in total. The normalized spacial score (nSPS) is 12.2. The molecule has 0 aliphatic carbocycles. The van der Waals surface area contributed by atoms with Gasteiger partial charge in [0, 0.05) is 0 Å². The number of nitrogens with zero attached hydrogens (tertiary/aromatic N) is 2. The maximum atomic E-state index is 10.9. The summed E-state index contributed by atoms with van der Waals surface area (Å²) in [6, 6.07) is 0. The molecular weight excluding hydrogens is 188 g/mol. The van der Waals surface area contributed by atoms with E-state index in [1.165, 1.54) is 19.5 Å². The second-order valence-electron chi connectivity index (χ2n) is 2.52. The Morgan fingerprint density at radius 2 is 2.29 bits per heavy atom. The highest BCUT2D eigenvalue weighted by Crippen LogP contribution is 2.07. The Morgan fingerprint density at radius 1 is 1.57 bits per heavy atom. The van der Waals surface area contributed by atoms with E-state index in [-0.39, 0.29) is 11.4 Å². The van der Waals surface area contributed by atoms with Gasteiger partial charge in [-0.05, 0) is 0 Å². The number of aromatic nitrogens is 2. The third-order valence-corrected chi connectivity index (χ3v) is 1.58. The molecule has 76 valence electrons. The van der Waals surface area contributed by atoms with E-state index in [4.69, 9.17) is 10.2 Å². The first-order valence-corrected chi connectivity index (χ1v) is 3.88. The summed E-state index contributed by atoms with van der Waals surface area (Å²) in [5, 5.41) is 17.8. The van der Waals surface area contributed by atoms with Gasteiger partial charge in [-0.3, -0.25) is 4.98 Å². The summed E-state index contributed by atoms with van der Waals surface area (Å²) in [4.78, 5) is 18.4. The van der Waals surface area contributed by atoms with Crippen LogP contribution in [0.5, 0.6) is 0 Å². The van der Waals surface area contributed by atoms with Crippen LogP contribution in [0.4, 0.5) is 0 Å². The minimum atomic E-state index is -1.07. The second kappa shape index (κ2) is 4.64. The quantitative estimate of drug-likeness (QED) is 0.623. The lowest BCUT2D eigenvalue weighted by atomic mass is 10.3. The van der Waals surface area contributed by atoms with Gasteiger partial charge < -0.3 is 14.9 Å². The first-order valence-electron chi connectivity index (χ1n) is 3.88. The minimum Gasteiger partial charge on any atom is -0.464 e. The van der Waals surface area contributed by atoms with E-state index in [1.807, 2.05) is 0 Å². The minimum absolute atomic E-state index is 0.0568. The van der Waals surface area contributed by atoms with Crippen LogP contribution in [0.15, 0.2) is 12.4 Å². The Balaban J connectivity index is 2.83. The van der Waals surface area contributed by atoms with Gasteiger partial charge in [0.1, 0.15) is 6.10 Å². The predicted molar refractivity (Wildman–Crippen MR) is 45.4 cm³/mol. The van der Waals surface area contributed by atoms with Crippen LogP contribution >= 0.6 is 0 Å². The zero-order valence-corrected chi connectivity index (χ0v) is 7.54. The summed E-state index contributed by atoms with van der Waals surface area (Å²) in [7, 11) is 1.24. The van der Waals surface area contributed by atoms with Crippen LogP contribution in [0, 0.1) is 0 Å². The van der Waals surface area contributed by atoms with Crippen molar-refractivity contribution in [3.63, 3.8) is 0 Å². The highest BCUT2D eigenvalue weighted by atomic mass is 16.5. The lowest BCUT2D eigenvalue weighted by Crippen LogP contribution is -2.09. The van der Waals surface area contributed by atoms with Crippen molar-refractivity contribution in [2.24, 2.45) is 0 Å². The zero-order chi connectivity index (χ0) is 10.6. The number of carbonyl (C=O) groups is 1. The van der Waals surface area contributed by atoms with E-state index < -0.39 is 18.7 Å². The van der Waals surface area contributed by atoms with Crippen molar-refractivity contribution in [2.75, 3.05) is 13.7 Å². The third-order valence-electron chi connectivity index (χ3n) is 1.58. The molecule has 1 rings (SSSR count). The SMILES string of the molecule is COC(=O)c1cnc(C(O)CO)cn1. The molecule has 0 aliphatic heterocycles. The average Bonchev–Trinajstić information content (AvgIpc) is 2.27. The van der Waals surface area contributed by atoms with Gasteiger partial charge in [-0.15, -0.1) is 0 Å². The van der Waals surface area contributed by atoms with Gasteiger partial charge in [-0.2, -0.15) is 0 Å². The van der Waals surface area contributed by atoms with Crippen LogP contribution in [0.25, 0.3) is 0 Å². The molecule has 2 N–H and O–H groups in total. The van der Waals surface area contributed by atoms with Crippen LogP contribution in [-0.4, -0.2) is 39.9 Å². The van der Waals surface area contributed by atoms with Crippen molar-refractivity contribution in [3.8, 4) is 0 Å². The number of aliphatic hydroxyl groups excluding tert-OH is 2. The van der Waals surface area contributed by atoms with Crippen molar-refractivity contribution in [1.29, 1.82) is 0 Å². The summed E-state index contributed by atoms with van der Waals surface area (Å²) < 4.78 is 4.41. The van der Waals surface area contributed by atoms with E-state index >= 15 is 0 Å².